The van der Waals surface area contributed by atoms with E-state index < -0.39 is 0 Å². The molecule has 5 heteroatoms. The lowest BCUT2D eigenvalue weighted by atomic mass is 9.80. The second kappa shape index (κ2) is 7.72. The fourth-order valence-electron chi connectivity index (χ4n) is 4.24. The van der Waals surface area contributed by atoms with Gasteiger partial charge in [-0.15, -0.1) is 0 Å². The Morgan fingerprint density at radius 3 is 2.74 bits per heavy atom. The van der Waals surface area contributed by atoms with Crippen LogP contribution < -0.4 is 14.8 Å². The molecule has 2 aromatic carbocycles. The van der Waals surface area contributed by atoms with Crippen molar-refractivity contribution in [3.05, 3.63) is 51.5 Å². The van der Waals surface area contributed by atoms with Crippen molar-refractivity contribution < 1.29 is 14.2 Å². The second-order valence-corrected chi connectivity index (χ2v) is 8.01. The smallest absolute Gasteiger partial charge is 0.175 e. The van der Waals surface area contributed by atoms with Crippen molar-refractivity contribution in [1.82, 2.24) is 0 Å². The summed E-state index contributed by atoms with van der Waals surface area (Å²) in [5.41, 5.74) is 4.91. The third-order valence-electron chi connectivity index (χ3n) is 5.37. The van der Waals surface area contributed by atoms with E-state index in [1.807, 2.05) is 13.8 Å². The summed E-state index contributed by atoms with van der Waals surface area (Å²) in [5.74, 6) is 1.96. The quantitative estimate of drug-likeness (QED) is 0.649. The van der Waals surface area contributed by atoms with Crippen LogP contribution in [-0.2, 0) is 4.74 Å². The van der Waals surface area contributed by atoms with E-state index in [9.17, 15) is 0 Å². The minimum Gasteiger partial charge on any atom is -0.490 e. The van der Waals surface area contributed by atoms with E-state index in [4.69, 9.17) is 14.2 Å². The van der Waals surface area contributed by atoms with Crippen LogP contribution in [0.15, 0.2) is 34.8 Å². The topological polar surface area (TPSA) is 39.7 Å². The summed E-state index contributed by atoms with van der Waals surface area (Å²) < 4.78 is 18.8. The molecule has 2 aliphatic rings. The predicted octanol–water partition coefficient (Wildman–Crippen LogP) is 5.80. The maximum Gasteiger partial charge on any atom is 0.175 e. The number of rotatable bonds is 5. The van der Waals surface area contributed by atoms with Crippen molar-refractivity contribution >= 4 is 21.6 Å². The summed E-state index contributed by atoms with van der Waals surface area (Å²) >= 11 is 3.69. The fourth-order valence-corrected chi connectivity index (χ4v) is 4.81. The van der Waals surface area contributed by atoms with E-state index >= 15 is 0 Å². The molecule has 0 saturated carbocycles. The van der Waals surface area contributed by atoms with Crippen molar-refractivity contribution in [1.29, 1.82) is 0 Å². The average molecular weight is 432 g/mol. The Morgan fingerprint density at radius 1 is 1.15 bits per heavy atom. The normalized spacial score (nSPS) is 23.3. The second-order valence-electron chi connectivity index (χ2n) is 7.15. The standard InChI is InChI=1S/C22H26BrNO3/c1-4-25-19-12-14(11-17(23)22(19)26-5-2)20-15-8-9-27-21(15)16-10-13(3)6-7-18(16)24-20/h6-7,10-12,15,20-21,24H,4-5,8-9H2,1-3H3/t15-,20?,21-/m0/s1. The molecule has 0 aliphatic carbocycles. The summed E-state index contributed by atoms with van der Waals surface area (Å²) in [4.78, 5) is 0. The number of anilines is 1. The molecule has 0 spiro atoms. The number of hydrogen-bond donors (Lipinski definition) is 1. The van der Waals surface area contributed by atoms with Crippen LogP contribution in [0.4, 0.5) is 5.69 Å². The Morgan fingerprint density at radius 2 is 1.96 bits per heavy atom. The molecule has 1 unspecified atom stereocenters. The molecule has 3 atom stereocenters. The molecule has 1 fully saturated rings. The molecule has 1 saturated heterocycles. The lowest BCUT2D eigenvalue weighted by molar-refractivity contribution is 0.0828. The van der Waals surface area contributed by atoms with E-state index in [0.29, 0.717) is 19.1 Å². The number of ether oxygens (including phenoxy) is 3. The Kier molecular flexibility index (Phi) is 5.33. The average Bonchev–Trinajstić information content (AvgIpc) is 3.14. The number of hydrogen-bond acceptors (Lipinski definition) is 4. The van der Waals surface area contributed by atoms with E-state index in [2.05, 4.69) is 58.5 Å². The van der Waals surface area contributed by atoms with Gasteiger partial charge in [0.25, 0.3) is 0 Å². The molecule has 2 heterocycles. The third-order valence-corrected chi connectivity index (χ3v) is 5.96. The van der Waals surface area contributed by atoms with Gasteiger partial charge in [0.1, 0.15) is 0 Å². The molecule has 2 aliphatic heterocycles. The third kappa shape index (κ3) is 3.43. The van der Waals surface area contributed by atoms with Gasteiger partial charge in [-0.2, -0.15) is 0 Å². The van der Waals surface area contributed by atoms with Crippen molar-refractivity contribution in [2.45, 2.75) is 39.3 Å². The van der Waals surface area contributed by atoms with Gasteiger partial charge < -0.3 is 19.5 Å². The maximum absolute atomic E-state index is 6.15. The van der Waals surface area contributed by atoms with Crippen molar-refractivity contribution in [3.8, 4) is 11.5 Å². The van der Waals surface area contributed by atoms with Crippen LogP contribution in [-0.4, -0.2) is 19.8 Å². The predicted molar refractivity (Wildman–Crippen MR) is 111 cm³/mol. The highest BCUT2D eigenvalue weighted by atomic mass is 79.9. The number of fused-ring (bicyclic) bond motifs is 3. The first-order valence-electron chi connectivity index (χ1n) is 9.70. The summed E-state index contributed by atoms with van der Waals surface area (Å²) in [6.45, 7) is 8.12. The van der Waals surface area contributed by atoms with Gasteiger partial charge in [0, 0.05) is 23.8 Å². The van der Waals surface area contributed by atoms with Gasteiger partial charge in [0.15, 0.2) is 11.5 Å². The van der Waals surface area contributed by atoms with Crippen LogP contribution in [0.2, 0.25) is 0 Å². The van der Waals surface area contributed by atoms with Gasteiger partial charge in [-0.05, 0) is 66.9 Å². The largest absolute Gasteiger partial charge is 0.490 e. The monoisotopic (exact) mass is 431 g/mol. The molecule has 0 amide bonds. The van der Waals surface area contributed by atoms with E-state index in [0.717, 1.165) is 34.7 Å². The van der Waals surface area contributed by atoms with E-state index in [1.165, 1.54) is 16.7 Å². The summed E-state index contributed by atoms with van der Waals surface area (Å²) in [6.07, 6.45) is 1.19. The highest BCUT2D eigenvalue weighted by Crippen LogP contribution is 2.51. The van der Waals surface area contributed by atoms with Crippen LogP contribution in [0.25, 0.3) is 0 Å². The zero-order chi connectivity index (χ0) is 19.0. The molecular formula is C22H26BrNO3. The first kappa shape index (κ1) is 18.6. The molecule has 27 heavy (non-hydrogen) atoms. The first-order valence-corrected chi connectivity index (χ1v) is 10.5. The zero-order valence-electron chi connectivity index (χ0n) is 16.0. The summed E-state index contributed by atoms with van der Waals surface area (Å²) in [7, 11) is 0. The molecule has 1 N–H and O–H groups in total. The Bertz CT molecular complexity index is 839. The van der Waals surface area contributed by atoms with E-state index in [-0.39, 0.29) is 12.1 Å². The molecule has 144 valence electrons. The first-order chi connectivity index (χ1) is 13.1. The molecule has 0 bridgehead atoms. The van der Waals surface area contributed by atoms with Crippen molar-refractivity contribution in [3.63, 3.8) is 0 Å². The zero-order valence-corrected chi connectivity index (χ0v) is 17.6. The molecule has 0 aromatic heterocycles. The number of halogens is 1. The van der Waals surface area contributed by atoms with Gasteiger partial charge in [0.2, 0.25) is 0 Å². The van der Waals surface area contributed by atoms with Gasteiger partial charge >= 0.3 is 0 Å². The Balaban J connectivity index is 1.75. The minimum atomic E-state index is 0.145. The summed E-state index contributed by atoms with van der Waals surface area (Å²) in [5, 5.41) is 3.76. The van der Waals surface area contributed by atoms with Crippen LogP contribution in [0.5, 0.6) is 11.5 Å². The Labute approximate surface area is 169 Å². The summed E-state index contributed by atoms with van der Waals surface area (Å²) in [6, 6.07) is 11.0. The maximum atomic E-state index is 6.15. The lowest BCUT2D eigenvalue weighted by Gasteiger charge is -2.37. The van der Waals surface area contributed by atoms with Crippen molar-refractivity contribution in [2.24, 2.45) is 5.92 Å². The van der Waals surface area contributed by atoms with Crippen LogP contribution in [0.3, 0.4) is 0 Å². The number of aryl methyl sites for hydroxylation is 1. The molecule has 0 radical (unpaired) electrons. The number of nitrogens with one attached hydrogen (secondary N) is 1. The SMILES string of the molecule is CCOc1cc(C2Nc3ccc(C)cc3[C@H]3OCC[C@@H]23)cc(Br)c1OCC. The minimum absolute atomic E-state index is 0.145. The van der Waals surface area contributed by atoms with E-state index in [1.54, 1.807) is 0 Å². The van der Waals surface area contributed by atoms with Crippen LogP contribution >= 0.6 is 15.9 Å². The van der Waals surface area contributed by atoms with Gasteiger partial charge in [-0.3, -0.25) is 0 Å². The highest BCUT2D eigenvalue weighted by molar-refractivity contribution is 9.10. The van der Waals surface area contributed by atoms with Crippen LogP contribution in [0.1, 0.15) is 49.1 Å². The highest BCUT2D eigenvalue weighted by Gasteiger charge is 2.41. The van der Waals surface area contributed by atoms with Crippen molar-refractivity contribution in [2.75, 3.05) is 25.1 Å². The lowest BCUT2D eigenvalue weighted by Crippen LogP contribution is -2.29. The molecular weight excluding hydrogens is 406 g/mol. The van der Waals surface area contributed by atoms with Gasteiger partial charge in [-0.1, -0.05) is 17.7 Å². The Hall–Kier alpha value is -1.72. The number of benzene rings is 2. The van der Waals surface area contributed by atoms with Crippen LogP contribution in [0, 0.1) is 12.8 Å². The fraction of sp³-hybridized carbons (Fsp3) is 0.455. The molecule has 4 rings (SSSR count). The molecule has 4 nitrogen and oxygen atoms in total. The molecule has 2 aromatic rings. The van der Waals surface area contributed by atoms with Gasteiger partial charge in [0.05, 0.1) is 29.8 Å². The van der Waals surface area contributed by atoms with Gasteiger partial charge in [-0.25, -0.2) is 0 Å².